The van der Waals surface area contributed by atoms with Crippen LogP contribution in [0.25, 0.3) is 0 Å². The van der Waals surface area contributed by atoms with Crippen LogP contribution in [0.3, 0.4) is 0 Å². The summed E-state index contributed by atoms with van der Waals surface area (Å²) in [6, 6.07) is 9.05. The van der Waals surface area contributed by atoms with E-state index in [1.54, 1.807) is 18.2 Å². The van der Waals surface area contributed by atoms with E-state index >= 15 is 0 Å². The minimum atomic E-state index is -4.28. The van der Waals surface area contributed by atoms with Crippen LogP contribution >= 0.6 is 0 Å². The van der Waals surface area contributed by atoms with Crippen LogP contribution in [0.1, 0.15) is 24.1 Å². The maximum Gasteiger partial charge on any atom is 0.411 e. The number of halogens is 3. The van der Waals surface area contributed by atoms with Crippen molar-refractivity contribution >= 4 is 0 Å². The van der Waals surface area contributed by atoms with Crippen molar-refractivity contribution in [2.45, 2.75) is 19.1 Å². The van der Waals surface area contributed by atoms with Crippen molar-refractivity contribution in [2.75, 3.05) is 19.8 Å². The molecule has 0 aliphatic heterocycles. The Morgan fingerprint density at radius 1 is 1.42 bits per heavy atom. The van der Waals surface area contributed by atoms with Gasteiger partial charge in [0.15, 0.2) is 0 Å². The van der Waals surface area contributed by atoms with Gasteiger partial charge in [0.05, 0.1) is 18.2 Å². The first-order valence-electron chi connectivity index (χ1n) is 5.80. The number of ether oxygens (including phenoxy) is 1. The fourth-order valence-corrected chi connectivity index (χ4v) is 1.53. The molecule has 0 radical (unpaired) electrons. The third-order valence-corrected chi connectivity index (χ3v) is 2.48. The van der Waals surface area contributed by atoms with Crippen molar-refractivity contribution in [1.82, 2.24) is 5.32 Å². The molecule has 0 aliphatic rings. The van der Waals surface area contributed by atoms with E-state index in [1.807, 2.05) is 19.1 Å². The molecule has 19 heavy (non-hydrogen) atoms. The van der Waals surface area contributed by atoms with E-state index < -0.39 is 12.8 Å². The summed E-state index contributed by atoms with van der Waals surface area (Å²) >= 11 is 0. The lowest BCUT2D eigenvalue weighted by Gasteiger charge is -2.15. The highest BCUT2D eigenvalue weighted by Crippen LogP contribution is 2.15. The molecule has 104 valence electrons. The number of nitrogens with zero attached hydrogens (tertiary/aromatic N) is 1. The minimum absolute atomic E-state index is 0.0121. The molecule has 0 saturated heterocycles. The zero-order valence-electron chi connectivity index (χ0n) is 10.5. The molecule has 0 spiro atoms. The van der Waals surface area contributed by atoms with Crippen LogP contribution < -0.4 is 5.32 Å². The van der Waals surface area contributed by atoms with E-state index in [4.69, 9.17) is 5.26 Å². The molecule has 0 aliphatic carbocycles. The Bertz CT molecular complexity index is 440. The van der Waals surface area contributed by atoms with Gasteiger partial charge in [-0.25, -0.2) is 0 Å². The summed E-state index contributed by atoms with van der Waals surface area (Å²) in [6.07, 6.45) is -4.28. The Hall–Kier alpha value is -1.58. The summed E-state index contributed by atoms with van der Waals surface area (Å²) in [5, 5.41) is 11.8. The van der Waals surface area contributed by atoms with Crippen molar-refractivity contribution in [1.29, 1.82) is 5.26 Å². The molecule has 0 saturated carbocycles. The van der Waals surface area contributed by atoms with Gasteiger partial charge in [0.25, 0.3) is 0 Å². The molecule has 0 aromatic heterocycles. The first kappa shape index (κ1) is 15.5. The van der Waals surface area contributed by atoms with E-state index in [2.05, 4.69) is 10.1 Å². The summed E-state index contributed by atoms with van der Waals surface area (Å²) in [5.74, 6) is 0. The summed E-state index contributed by atoms with van der Waals surface area (Å²) in [6.45, 7) is 0.947. The molecule has 1 aromatic carbocycles. The van der Waals surface area contributed by atoms with Gasteiger partial charge in [-0.2, -0.15) is 18.4 Å². The monoisotopic (exact) mass is 272 g/mol. The highest BCUT2D eigenvalue weighted by Gasteiger charge is 2.27. The van der Waals surface area contributed by atoms with Gasteiger partial charge >= 0.3 is 6.18 Å². The molecule has 1 N–H and O–H groups in total. The molecule has 0 bridgehead atoms. The van der Waals surface area contributed by atoms with E-state index in [0.717, 1.165) is 5.56 Å². The van der Waals surface area contributed by atoms with Gasteiger partial charge in [0, 0.05) is 12.6 Å². The summed E-state index contributed by atoms with van der Waals surface area (Å²) in [7, 11) is 0. The average molecular weight is 272 g/mol. The largest absolute Gasteiger partial charge is 0.411 e. The van der Waals surface area contributed by atoms with E-state index in [-0.39, 0.29) is 12.6 Å². The minimum Gasteiger partial charge on any atom is -0.371 e. The van der Waals surface area contributed by atoms with Crippen LogP contribution in [0.5, 0.6) is 0 Å². The van der Waals surface area contributed by atoms with Gasteiger partial charge in [-0.1, -0.05) is 12.1 Å². The lowest BCUT2D eigenvalue weighted by atomic mass is 10.1. The van der Waals surface area contributed by atoms with Gasteiger partial charge in [-0.3, -0.25) is 0 Å². The van der Waals surface area contributed by atoms with E-state index in [9.17, 15) is 13.2 Å². The highest BCUT2D eigenvalue weighted by atomic mass is 19.4. The van der Waals surface area contributed by atoms with E-state index in [0.29, 0.717) is 12.1 Å². The number of hydrogen-bond acceptors (Lipinski definition) is 3. The molecule has 1 unspecified atom stereocenters. The summed E-state index contributed by atoms with van der Waals surface area (Å²) in [5.41, 5.74) is 1.47. The van der Waals surface area contributed by atoms with Gasteiger partial charge in [0.2, 0.25) is 0 Å². The molecule has 1 atom stereocenters. The summed E-state index contributed by atoms with van der Waals surface area (Å²) in [4.78, 5) is 0. The van der Waals surface area contributed by atoms with Crippen LogP contribution in [-0.2, 0) is 4.74 Å². The molecule has 0 amide bonds. The van der Waals surface area contributed by atoms with Crippen LogP contribution in [0.4, 0.5) is 13.2 Å². The Labute approximate surface area is 110 Å². The molecule has 1 rings (SSSR count). The van der Waals surface area contributed by atoms with Crippen molar-refractivity contribution in [3.63, 3.8) is 0 Å². The second-order valence-electron chi connectivity index (χ2n) is 4.08. The maximum absolute atomic E-state index is 11.8. The molecule has 3 nitrogen and oxygen atoms in total. The zero-order chi connectivity index (χ0) is 14.3. The lowest BCUT2D eigenvalue weighted by Crippen LogP contribution is -2.26. The van der Waals surface area contributed by atoms with Crippen molar-refractivity contribution in [3.8, 4) is 6.07 Å². The Morgan fingerprint density at radius 2 is 2.16 bits per heavy atom. The number of rotatable bonds is 6. The highest BCUT2D eigenvalue weighted by molar-refractivity contribution is 5.33. The van der Waals surface area contributed by atoms with Gasteiger partial charge in [0.1, 0.15) is 6.61 Å². The zero-order valence-corrected chi connectivity index (χ0v) is 10.5. The number of benzene rings is 1. The normalized spacial score (nSPS) is 13.0. The predicted octanol–water partition coefficient (Wildman–Crippen LogP) is 2.79. The topological polar surface area (TPSA) is 45.0 Å². The third kappa shape index (κ3) is 6.22. The number of alkyl halides is 3. The Morgan fingerprint density at radius 3 is 2.79 bits per heavy atom. The third-order valence-electron chi connectivity index (χ3n) is 2.48. The molecular weight excluding hydrogens is 257 g/mol. The molecule has 1 aromatic rings. The molecule has 0 fully saturated rings. The van der Waals surface area contributed by atoms with Crippen LogP contribution in [-0.4, -0.2) is 25.9 Å². The van der Waals surface area contributed by atoms with Crippen LogP contribution in [0.15, 0.2) is 24.3 Å². The number of hydrogen-bond donors (Lipinski definition) is 1. The Balaban J connectivity index is 2.31. The molecule has 6 heteroatoms. The summed E-state index contributed by atoms with van der Waals surface area (Å²) < 4.78 is 39.9. The maximum atomic E-state index is 11.8. The SMILES string of the molecule is CC(NCCOCC(F)(F)F)c1cccc(C#N)c1. The van der Waals surface area contributed by atoms with Crippen molar-refractivity contribution < 1.29 is 17.9 Å². The van der Waals surface area contributed by atoms with Crippen LogP contribution in [0, 0.1) is 11.3 Å². The Kier molecular flexibility index (Phi) is 5.80. The second kappa shape index (κ2) is 7.12. The fourth-order valence-electron chi connectivity index (χ4n) is 1.53. The smallest absolute Gasteiger partial charge is 0.371 e. The van der Waals surface area contributed by atoms with Crippen LogP contribution in [0.2, 0.25) is 0 Å². The van der Waals surface area contributed by atoms with E-state index in [1.165, 1.54) is 0 Å². The number of nitriles is 1. The van der Waals surface area contributed by atoms with Crippen molar-refractivity contribution in [3.05, 3.63) is 35.4 Å². The average Bonchev–Trinajstić information content (AvgIpc) is 2.37. The quantitative estimate of drug-likeness (QED) is 0.810. The predicted molar refractivity (Wildman–Crippen MR) is 64.4 cm³/mol. The molecular formula is C13H15F3N2O. The standard InChI is InChI=1S/C13H15F3N2O/c1-10(12-4-2-3-11(7-12)8-17)18-5-6-19-9-13(14,15)16/h2-4,7,10,18H,5-6,9H2,1H3. The number of nitrogens with one attached hydrogen (secondary N) is 1. The fraction of sp³-hybridized carbons (Fsp3) is 0.462. The second-order valence-corrected chi connectivity index (χ2v) is 4.08. The molecule has 0 heterocycles. The first-order chi connectivity index (χ1) is 8.92. The van der Waals surface area contributed by atoms with Crippen molar-refractivity contribution in [2.24, 2.45) is 0 Å². The lowest BCUT2D eigenvalue weighted by molar-refractivity contribution is -0.173. The van der Waals surface area contributed by atoms with Gasteiger partial charge in [-0.15, -0.1) is 0 Å². The van der Waals surface area contributed by atoms with Gasteiger partial charge < -0.3 is 10.1 Å². The van der Waals surface area contributed by atoms with Gasteiger partial charge in [-0.05, 0) is 24.6 Å². The first-order valence-corrected chi connectivity index (χ1v) is 5.80.